The Bertz CT molecular complexity index is 62.7. The summed E-state index contributed by atoms with van der Waals surface area (Å²) in [6.07, 6.45) is 0. The van der Waals surface area contributed by atoms with Crippen molar-refractivity contribution in [1.82, 2.24) is 0 Å². The van der Waals surface area contributed by atoms with Crippen LogP contribution >= 0.6 is 0 Å². The van der Waals surface area contributed by atoms with E-state index in [0.29, 0.717) is 0 Å². The van der Waals surface area contributed by atoms with Gasteiger partial charge in [0.15, 0.2) is 0 Å². The summed E-state index contributed by atoms with van der Waals surface area (Å²) in [4.78, 5) is 0. The van der Waals surface area contributed by atoms with E-state index in [1.54, 1.807) is 0 Å². The van der Waals surface area contributed by atoms with Gasteiger partial charge in [-0.05, 0) is 0 Å². The third kappa shape index (κ3) is 787. The van der Waals surface area contributed by atoms with Crippen LogP contribution in [0.15, 0.2) is 0 Å². The monoisotopic (exact) mass is 294 g/mol. The summed E-state index contributed by atoms with van der Waals surface area (Å²) in [6.45, 7) is 0. The summed E-state index contributed by atoms with van der Waals surface area (Å²) < 4.78 is 44.5. The summed E-state index contributed by atoms with van der Waals surface area (Å²) in [5.74, 6) is 0. The molecule has 0 aromatic heterocycles. The van der Waals surface area contributed by atoms with Crippen molar-refractivity contribution in [2.45, 2.75) is 0 Å². The SMILES string of the molecule is [OH][Os]([OH])([OH])([OH])([OH])[OH]. The van der Waals surface area contributed by atoms with Crippen molar-refractivity contribution in [3.8, 4) is 0 Å². The Morgan fingerprint density at radius 1 is 0.571 bits per heavy atom. The maximum absolute atomic E-state index is 8.21. The third-order valence-corrected chi connectivity index (χ3v) is 0. The molecule has 0 saturated heterocycles. The van der Waals surface area contributed by atoms with Gasteiger partial charge in [-0.15, -0.1) is 0 Å². The van der Waals surface area contributed by atoms with Crippen LogP contribution in [0.3, 0.4) is 0 Å². The fraction of sp³-hybridized carbons (Fsp3) is 0. The average Bonchev–Trinajstić information content (AvgIpc) is 0.592. The fourth-order valence-corrected chi connectivity index (χ4v) is 0. The molecule has 0 aliphatic heterocycles. The zero-order valence-corrected chi connectivity index (χ0v) is 5.58. The van der Waals surface area contributed by atoms with Gasteiger partial charge >= 0.3 is 38.2 Å². The topological polar surface area (TPSA) is 121 Å². The molecule has 0 unspecified atom stereocenters. The van der Waals surface area contributed by atoms with Gasteiger partial charge < -0.3 is 0 Å². The number of hydrogen-bond donors (Lipinski definition) is 6. The van der Waals surface area contributed by atoms with E-state index >= 15 is 0 Å². The molecule has 0 aliphatic rings. The molecule has 0 aliphatic carbocycles. The molecule has 7 heavy (non-hydrogen) atoms. The van der Waals surface area contributed by atoms with Crippen molar-refractivity contribution >= 4 is 0 Å². The molecule has 7 heteroatoms. The molecule has 0 aromatic carbocycles. The van der Waals surface area contributed by atoms with E-state index in [9.17, 15) is 0 Å². The average molecular weight is 292 g/mol. The molecule has 6 nitrogen and oxygen atoms in total. The summed E-state index contributed by atoms with van der Waals surface area (Å²) in [5.41, 5.74) is 0. The van der Waals surface area contributed by atoms with E-state index in [4.69, 9.17) is 23.4 Å². The van der Waals surface area contributed by atoms with Gasteiger partial charge in [0.1, 0.15) is 0 Å². The van der Waals surface area contributed by atoms with Crippen molar-refractivity contribution in [2.75, 3.05) is 0 Å². The Labute approximate surface area is 39.0 Å². The van der Waals surface area contributed by atoms with Crippen molar-refractivity contribution in [3.63, 3.8) is 0 Å². The Kier molecular flexibility index (Phi) is 0.830. The second kappa shape index (κ2) is 0.786. The van der Waals surface area contributed by atoms with Crippen LogP contribution in [0, 0.1) is 0 Å². The van der Waals surface area contributed by atoms with E-state index in [-0.39, 0.29) is 0 Å². The number of rotatable bonds is 0. The van der Waals surface area contributed by atoms with Crippen LogP contribution in [0.25, 0.3) is 0 Å². The minimum atomic E-state index is -8.21. The maximum atomic E-state index is 7.42. The van der Waals surface area contributed by atoms with Gasteiger partial charge in [-0.2, -0.15) is 0 Å². The summed E-state index contributed by atoms with van der Waals surface area (Å²) >= 11 is -8.21. The van der Waals surface area contributed by atoms with E-state index in [1.807, 2.05) is 0 Å². The van der Waals surface area contributed by atoms with E-state index in [2.05, 4.69) is 0 Å². The van der Waals surface area contributed by atoms with Crippen LogP contribution in [0.4, 0.5) is 0 Å². The van der Waals surface area contributed by atoms with Crippen molar-refractivity contribution in [2.24, 2.45) is 0 Å². The Morgan fingerprint density at radius 2 is 0.571 bits per heavy atom. The second-order valence-electron chi connectivity index (χ2n) is 1.06. The van der Waals surface area contributed by atoms with Crippen molar-refractivity contribution < 1.29 is 38.2 Å². The van der Waals surface area contributed by atoms with Crippen LogP contribution in [0.5, 0.6) is 0 Å². The zero-order chi connectivity index (χ0) is 6.41. The molecule has 50 valence electrons. The summed E-state index contributed by atoms with van der Waals surface area (Å²) in [7, 11) is 0. The molecular weight excluding hydrogens is 286 g/mol. The van der Waals surface area contributed by atoms with Crippen molar-refractivity contribution in [1.29, 1.82) is 0 Å². The Balaban J connectivity index is 4.43. The molecule has 0 bridgehead atoms. The molecule has 0 radical (unpaired) electrons. The van der Waals surface area contributed by atoms with Gasteiger partial charge in [-0.3, -0.25) is 0 Å². The molecule has 0 amide bonds. The van der Waals surface area contributed by atoms with E-state index in [0.717, 1.165) is 0 Å². The van der Waals surface area contributed by atoms with Gasteiger partial charge in [-0.1, -0.05) is 0 Å². The molecule has 6 N–H and O–H groups in total. The van der Waals surface area contributed by atoms with Gasteiger partial charge in [0.05, 0.1) is 0 Å². The van der Waals surface area contributed by atoms with Gasteiger partial charge in [0.25, 0.3) is 0 Å². The van der Waals surface area contributed by atoms with Crippen molar-refractivity contribution in [3.05, 3.63) is 0 Å². The molecule has 0 spiro atoms. The van der Waals surface area contributed by atoms with Gasteiger partial charge in [-0.25, -0.2) is 0 Å². The van der Waals surface area contributed by atoms with Crippen LogP contribution in [0.2, 0.25) is 0 Å². The first-order valence-electron chi connectivity index (χ1n) is 0.949. The summed E-state index contributed by atoms with van der Waals surface area (Å²) in [6, 6.07) is 0. The van der Waals surface area contributed by atoms with Crippen LogP contribution in [-0.4, -0.2) is 23.4 Å². The van der Waals surface area contributed by atoms with Crippen LogP contribution in [-0.2, 0) is 14.8 Å². The number of hydrogen-bond acceptors (Lipinski definition) is 6. The molecule has 0 atom stereocenters. The Hall–Kier alpha value is 0.396. The zero-order valence-electron chi connectivity index (χ0n) is 3.04. The minimum absolute atomic E-state index is 7.42. The normalized spacial score (nSPS) is 23.1. The first-order valence-corrected chi connectivity index (χ1v) is 7.77. The quantitative estimate of drug-likeness (QED) is 0.277. The van der Waals surface area contributed by atoms with E-state index in [1.165, 1.54) is 0 Å². The first-order chi connectivity index (χ1) is 2.45. The van der Waals surface area contributed by atoms with E-state index < -0.39 is 14.8 Å². The molecule has 0 aromatic rings. The predicted molar refractivity (Wildman–Crippen MR) is 13.3 cm³/mol. The summed E-state index contributed by atoms with van der Waals surface area (Å²) in [5, 5.41) is 0. The standard InChI is InChI=1S/6H2O.Os/h6*1H2;/q;;;;;;+6/p-6. The van der Waals surface area contributed by atoms with Gasteiger partial charge in [0.2, 0.25) is 0 Å². The molecule has 0 rings (SSSR count). The van der Waals surface area contributed by atoms with Crippen LogP contribution in [0.1, 0.15) is 0 Å². The molecule has 0 saturated carbocycles. The predicted octanol–water partition coefficient (Wildman–Crippen LogP) is -3.34. The Morgan fingerprint density at radius 3 is 0.571 bits per heavy atom. The molecular formula is H6O6Os. The van der Waals surface area contributed by atoms with Crippen LogP contribution < -0.4 is 0 Å². The first kappa shape index (κ1) is 7.40. The second-order valence-corrected chi connectivity index (χ2v) is 8.68. The molecule has 0 heterocycles. The fourth-order valence-electron chi connectivity index (χ4n) is 0. The van der Waals surface area contributed by atoms with Gasteiger partial charge in [0, 0.05) is 0 Å². The third-order valence-electron chi connectivity index (χ3n) is 0. The molecule has 0 fully saturated rings.